The Labute approximate surface area is 106 Å². The predicted molar refractivity (Wildman–Crippen MR) is 70.1 cm³/mol. The van der Waals surface area contributed by atoms with Crippen LogP contribution in [0.1, 0.15) is 29.8 Å². The van der Waals surface area contributed by atoms with Gasteiger partial charge in [0, 0.05) is 36.1 Å². The van der Waals surface area contributed by atoms with Gasteiger partial charge in [-0.2, -0.15) is 5.10 Å². The van der Waals surface area contributed by atoms with E-state index in [2.05, 4.69) is 29.2 Å². The van der Waals surface area contributed by atoms with Gasteiger partial charge in [0.25, 0.3) is 0 Å². The van der Waals surface area contributed by atoms with E-state index < -0.39 is 0 Å². The van der Waals surface area contributed by atoms with Crippen LogP contribution in [0.25, 0.3) is 0 Å². The second kappa shape index (κ2) is 5.42. The Morgan fingerprint density at radius 1 is 1.47 bits per heavy atom. The molecule has 0 amide bonds. The number of hydrogen-bond donors (Lipinski definition) is 1. The molecule has 2 atom stereocenters. The zero-order valence-corrected chi connectivity index (χ0v) is 11.2. The largest absolute Gasteiger partial charge is 0.307 e. The third-order valence-corrected chi connectivity index (χ3v) is 3.85. The summed E-state index contributed by atoms with van der Waals surface area (Å²) in [4.78, 5) is 5.53. The summed E-state index contributed by atoms with van der Waals surface area (Å²) < 4.78 is 1.98. The molecule has 17 heavy (non-hydrogen) atoms. The summed E-state index contributed by atoms with van der Waals surface area (Å²) in [6.07, 6.45) is 5.76. The van der Waals surface area contributed by atoms with E-state index in [4.69, 9.17) is 0 Å². The fourth-order valence-corrected chi connectivity index (χ4v) is 2.42. The van der Waals surface area contributed by atoms with E-state index in [0.29, 0.717) is 12.1 Å². The normalized spacial score (nSPS) is 14.8. The van der Waals surface area contributed by atoms with Crippen molar-refractivity contribution in [1.82, 2.24) is 20.1 Å². The van der Waals surface area contributed by atoms with Gasteiger partial charge in [0.1, 0.15) is 0 Å². The maximum atomic E-state index is 4.26. The van der Waals surface area contributed by atoms with Crippen LogP contribution < -0.4 is 5.32 Å². The average Bonchev–Trinajstić information content (AvgIpc) is 2.95. The number of nitrogens with zero attached hydrogens (tertiary/aromatic N) is 3. The molecule has 2 unspecified atom stereocenters. The highest BCUT2D eigenvalue weighted by Gasteiger charge is 2.13. The van der Waals surface area contributed by atoms with Crippen molar-refractivity contribution in [2.75, 3.05) is 0 Å². The first-order chi connectivity index (χ1) is 8.16. The summed E-state index contributed by atoms with van der Waals surface area (Å²) >= 11 is 1.74. The Morgan fingerprint density at radius 2 is 2.29 bits per heavy atom. The Balaban J connectivity index is 1.87. The van der Waals surface area contributed by atoms with Gasteiger partial charge in [0.2, 0.25) is 0 Å². The molecule has 0 radical (unpaired) electrons. The van der Waals surface area contributed by atoms with E-state index in [9.17, 15) is 0 Å². The average molecular weight is 250 g/mol. The molecular formula is C12H18N4S. The topological polar surface area (TPSA) is 42.7 Å². The van der Waals surface area contributed by atoms with Gasteiger partial charge in [-0.05, 0) is 26.8 Å². The number of aromatic nitrogens is 3. The first kappa shape index (κ1) is 12.3. The van der Waals surface area contributed by atoms with Gasteiger partial charge in [0.15, 0.2) is 0 Å². The zero-order chi connectivity index (χ0) is 12.3. The molecule has 92 valence electrons. The molecule has 0 bridgehead atoms. The van der Waals surface area contributed by atoms with Crippen molar-refractivity contribution >= 4 is 11.3 Å². The van der Waals surface area contributed by atoms with Gasteiger partial charge in [-0.25, -0.2) is 4.98 Å². The number of hydrogen-bond acceptors (Lipinski definition) is 4. The van der Waals surface area contributed by atoms with Gasteiger partial charge in [-0.1, -0.05) is 0 Å². The maximum absolute atomic E-state index is 4.26. The predicted octanol–water partition coefficient (Wildman–Crippen LogP) is 2.39. The van der Waals surface area contributed by atoms with Crippen molar-refractivity contribution in [2.45, 2.75) is 39.4 Å². The van der Waals surface area contributed by atoms with E-state index in [0.717, 1.165) is 11.6 Å². The summed E-state index contributed by atoms with van der Waals surface area (Å²) in [5.41, 5.74) is 0. The number of rotatable bonds is 5. The highest BCUT2D eigenvalue weighted by atomic mass is 32.1. The van der Waals surface area contributed by atoms with Crippen LogP contribution >= 0.6 is 11.3 Å². The van der Waals surface area contributed by atoms with Crippen LogP contribution in [0.3, 0.4) is 0 Å². The first-order valence-electron chi connectivity index (χ1n) is 5.80. The Morgan fingerprint density at radius 3 is 2.88 bits per heavy atom. The highest BCUT2D eigenvalue weighted by Crippen LogP contribution is 2.13. The van der Waals surface area contributed by atoms with Gasteiger partial charge in [-0.3, -0.25) is 4.68 Å². The monoisotopic (exact) mass is 250 g/mol. The van der Waals surface area contributed by atoms with E-state index >= 15 is 0 Å². The first-order valence-corrected chi connectivity index (χ1v) is 6.62. The molecule has 0 aromatic carbocycles. The van der Waals surface area contributed by atoms with Crippen molar-refractivity contribution in [3.05, 3.63) is 34.5 Å². The van der Waals surface area contributed by atoms with Gasteiger partial charge in [-0.15, -0.1) is 11.3 Å². The molecule has 4 nitrogen and oxygen atoms in total. The summed E-state index contributed by atoms with van der Waals surface area (Å²) in [5.74, 6) is 0. The fourth-order valence-electron chi connectivity index (χ4n) is 1.67. The van der Waals surface area contributed by atoms with Crippen LogP contribution in [0.2, 0.25) is 0 Å². The Bertz CT molecular complexity index is 449. The summed E-state index contributed by atoms with van der Waals surface area (Å²) in [5, 5.41) is 8.89. The minimum atomic E-state index is 0.346. The quantitative estimate of drug-likeness (QED) is 0.886. The van der Waals surface area contributed by atoms with Crippen LogP contribution in [-0.2, 0) is 6.54 Å². The second-order valence-electron chi connectivity index (χ2n) is 4.24. The molecule has 2 rings (SSSR count). The van der Waals surface area contributed by atoms with Crippen molar-refractivity contribution < 1.29 is 0 Å². The van der Waals surface area contributed by atoms with E-state index in [1.54, 1.807) is 11.3 Å². The fraction of sp³-hybridized carbons (Fsp3) is 0.500. The van der Waals surface area contributed by atoms with Crippen molar-refractivity contribution in [1.29, 1.82) is 0 Å². The van der Waals surface area contributed by atoms with Crippen LogP contribution in [0.5, 0.6) is 0 Å². The van der Waals surface area contributed by atoms with Crippen molar-refractivity contribution in [3.63, 3.8) is 0 Å². The summed E-state index contributed by atoms with van der Waals surface area (Å²) in [6, 6.07) is 2.67. The summed E-state index contributed by atoms with van der Waals surface area (Å²) in [7, 11) is 0. The minimum Gasteiger partial charge on any atom is -0.307 e. The molecule has 0 saturated carbocycles. The van der Waals surface area contributed by atoms with Crippen LogP contribution in [0.15, 0.2) is 24.7 Å². The lowest BCUT2D eigenvalue weighted by Crippen LogP contribution is -2.33. The Kier molecular flexibility index (Phi) is 3.91. The molecule has 2 aromatic rings. The molecule has 0 aliphatic rings. The number of thiazole rings is 1. The molecule has 0 fully saturated rings. The van der Waals surface area contributed by atoms with Crippen LogP contribution in [0, 0.1) is 6.92 Å². The molecular weight excluding hydrogens is 232 g/mol. The molecule has 2 heterocycles. The molecule has 0 spiro atoms. The standard InChI is InChI=1S/C12H18N4S/c1-9(10(2)16-6-4-5-15-16)13-7-12-8-14-11(3)17-12/h4-6,8-10,13H,7H2,1-3H3. The van der Waals surface area contributed by atoms with E-state index in [1.165, 1.54) is 4.88 Å². The molecule has 5 heteroatoms. The lowest BCUT2D eigenvalue weighted by Gasteiger charge is -2.21. The third-order valence-electron chi connectivity index (χ3n) is 2.93. The third kappa shape index (κ3) is 3.14. The van der Waals surface area contributed by atoms with E-state index in [1.807, 2.05) is 36.3 Å². The SMILES string of the molecule is Cc1ncc(CNC(C)C(C)n2cccn2)s1. The van der Waals surface area contributed by atoms with Crippen molar-refractivity contribution in [2.24, 2.45) is 0 Å². The van der Waals surface area contributed by atoms with E-state index in [-0.39, 0.29) is 0 Å². The minimum absolute atomic E-state index is 0.346. The smallest absolute Gasteiger partial charge is 0.0897 e. The molecule has 2 aromatic heterocycles. The molecule has 1 N–H and O–H groups in total. The van der Waals surface area contributed by atoms with Crippen LogP contribution in [0.4, 0.5) is 0 Å². The lowest BCUT2D eigenvalue weighted by molar-refractivity contribution is 0.366. The zero-order valence-electron chi connectivity index (χ0n) is 10.4. The molecule has 0 aliphatic carbocycles. The van der Waals surface area contributed by atoms with Gasteiger partial charge in [0.05, 0.1) is 11.0 Å². The molecule has 0 saturated heterocycles. The number of aryl methyl sites for hydroxylation is 1. The van der Waals surface area contributed by atoms with Crippen LogP contribution in [-0.4, -0.2) is 20.8 Å². The maximum Gasteiger partial charge on any atom is 0.0897 e. The summed E-state index contributed by atoms with van der Waals surface area (Å²) in [6.45, 7) is 7.26. The number of nitrogens with one attached hydrogen (secondary N) is 1. The molecule has 0 aliphatic heterocycles. The Hall–Kier alpha value is -1.20. The van der Waals surface area contributed by atoms with Gasteiger partial charge < -0.3 is 5.32 Å². The van der Waals surface area contributed by atoms with Crippen molar-refractivity contribution in [3.8, 4) is 0 Å². The second-order valence-corrected chi connectivity index (χ2v) is 5.56. The highest BCUT2D eigenvalue weighted by molar-refractivity contribution is 7.11. The van der Waals surface area contributed by atoms with Gasteiger partial charge >= 0.3 is 0 Å². The lowest BCUT2D eigenvalue weighted by atomic mass is 10.2.